The SMILES string of the molecule is ClCOC(COCc1ccccc1)COCc1ccccc1.Nc1ncnc2[n-]cnc12.Nc1ncnc2[n-]cnc12.Nc1ncnc2c1ncn2COC(COCc1ccccc1)COCc1ccccc1.Nc1ncnc2nc[nH]c12.[Na+].[Na+]. The van der Waals surface area contributed by atoms with E-state index < -0.39 is 0 Å². The molecule has 0 aliphatic rings. The Morgan fingerprint density at radius 3 is 1.27 bits per heavy atom. The summed E-state index contributed by atoms with van der Waals surface area (Å²) in [5, 5.41) is 0. The van der Waals surface area contributed by atoms with Crippen molar-refractivity contribution in [3.05, 3.63) is 194 Å². The van der Waals surface area contributed by atoms with Gasteiger partial charge in [-0.25, -0.2) is 39.9 Å². The third-order valence-corrected chi connectivity index (χ3v) is 11.6. The van der Waals surface area contributed by atoms with Gasteiger partial charge in [0.15, 0.2) is 22.9 Å². The average Bonchev–Trinajstić information content (AvgIpc) is 4.50. The molecule has 0 aliphatic carbocycles. The van der Waals surface area contributed by atoms with E-state index in [9.17, 15) is 0 Å². The van der Waals surface area contributed by atoms with E-state index in [1.807, 2.05) is 121 Å². The zero-order valence-electron chi connectivity index (χ0n) is 46.7. The second kappa shape index (κ2) is 36.9. The van der Waals surface area contributed by atoms with Gasteiger partial charge < -0.3 is 86.2 Å². The topological polar surface area (TPSA) is 363 Å². The van der Waals surface area contributed by atoms with Gasteiger partial charge in [0.25, 0.3) is 0 Å². The van der Waals surface area contributed by atoms with E-state index in [2.05, 4.69) is 74.8 Å². The number of ether oxygens (including phenoxy) is 6. The van der Waals surface area contributed by atoms with E-state index in [0.29, 0.717) is 121 Å². The van der Waals surface area contributed by atoms with Gasteiger partial charge in [-0.15, -0.1) is 0 Å². The number of rotatable bonds is 21. The van der Waals surface area contributed by atoms with Crippen LogP contribution in [0.1, 0.15) is 22.3 Å². The molecule has 0 radical (unpaired) electrons. The molecular formula is C56H59ClN20Na2O6. The number of benzene rings is 4. The van der Waals surface area contributed by atoms with Crippen LogP contribution in [0, 0.1) is 0 Å². The van der Waals surface area contributed by atoms with Gasteiger partial charge in [-0.05, 0) is 34.9 Å². The molecule has 0 spiro atoms. The van der Waals surface area contributed by atoms with Crippen LogP contribution in [0.4, 0.5) is 23.3 Å². The molecule has 0 fully saturated rings. The standard InChI is InChI=1S/C23H25N5O3.C18H21ClO3.C5H5N5.2C5H4N5.2Na/c24-22-21-23(26-15-25-22)28(16-27-21)17-31-20(13-29-11-18-7-3-1-4-8-18)14-30-12-19-9-5-2-6-10-19;19-15-22-18(13-20-11-16-7-3-1-4-8-16)14-21-12-17-9-5-2-6-10-17;3*6-4-3-5(9-1-7-3)10-2-8-4;;/h1-10,15-16,20H,11-14,17H2,(H2,24,25,26);1-10,18H,11-15H2;1-2H,(H3,6,7,8,9,10);2*1-2H,(H2-,6,7,8,9,10);;/q;;;2*-1;2*+1. The monoisotopic (exact) mass is 1190 g/mol. The number of hydrogen-bond acceptors (Lipinski definition) is 22. The molecule has 26 nitrogen and oxygen atoms in total. The molecule has 8 heterocycles. The molecule has 85 heavy (non-hydrogen) atoms. The molecule has 0 amide bonds. The minimum Gasteiger partial charge on any atom is -0.383 e. The maximum Gasteiger partial charge on any atom is 1.00 e. The van der Waals surface area contributed by atoms with Gasteiger partial charge in [0.1, 0.15) is 60.3 Å². The molecular weight excluding hydrogens is 1130 g/mol. The fraction of sp³-hybridized carbons (Fsp3) is 0.214. The van der Waals surface area contributed by atoms with Gasteiger partial charge in [0.2, 0.25) is 0 Å². The molecule has 9 N–H and O–H groups in total. The second-order valence-electron chi connectivity index (χ2n) is 17.4. The summed E-state index contributed by atoms with van der Waals surface area (Å²) < 4.78 is 36.4. The molecule has 0 saturated heterocycles. The number of alkyl halides is 1. The van der Waals surface area contributed by atoms with Crippen LogP contribution < -0.4 is 92.0 Å². The number of fused-ring (bicyclic) bond motifs is 4. The van der Waals surface area contributed by atoms with Crippen LogP contribution in [0.2, 0.25) is 0 Å². The fourth-order valence-corrected chi connectivity index (χ4v) is 7.53. The third-order valence-electron chi connectivity index (χ3n) is 11.5. The van der Waals surface area contributed by atoms with Crippen LogP contribution in [0.25, 0.3) is 44.7 Å². The first-order chi connectivity index (χ1) is 40.8. The number of halogens is 1. The zero-order chi connectivity index (χ0) is 57.7. The van der Waals surface area contributed by atoms with Gasteiger partial charge in [-0.2, -0.15) is 0 Å². The van der Waals surface area contributed by atoms with Crippen LogP contribution in [-0.4, -0.2) is 114 Å². The van der Waals surface area contributed by atoms with Gasteiger partial charge in [0.05, 0.1) is 65.5 Å². The summed E-state index contributed by atoms with van der Waals surface area (Å²) in [6.45, 7) is 4.09. The summed E-state index contributed by atoms with van der Waals surface area (Å²) in [7, 11) is 0. The van der Waals surface area contributed by atoms with E-state index in [4.69, 9.17) is 63.0 Å². The summed E-state index contributed by atoms with van der Waals surface area (Å²) >= 11 is 5.65. The first kappa shape index (κ1) is 66.5. The largest absolute Gasteiger partial charge is 1.00 e. The van der Waals surface area contributed by atoms with E-state index in [1.165, 1.54) is 44.3 Å². The average molecular weight is 1190 g/mol. The molecule has 0 saturated carbocycles. The summed E-state index contributed by atoms with van der Waals surface area (Å²) in [6.07, 6.45) is 11.1. The Balaban J connectivity index is 0.000000184. The quantitative estimate of drug-likeness (QED) is 0.0476. The van der Waals surface area contributed by atoms with Gasteiger partial charge in [-0.3, -0.25) is 4.57 Å². The minimum atomic E-state index is -0.260. The van der Waals surface area contributed by atoms with Gasteiger partial charge >= 0.3 is 59.1 Å². The summed E-state index contributed by atoms with van der Waals surface area (Å²) in [5.74, 6) is 1.53. The Morgan fingerprint density at radius 2 is 0.847 bits per heavy atom. The molecule has 0 unspecified atom stereocenters. The number of aromatic amines is 1. The van der Waals surface area contributed by atoms with Crippen LogP contribution in [-0.2, 0) is 61.6 Å². The summed E-state index contributed by atoms with van der Waals surface area (Å²) in [5.41, 5.74) is 31.5. The number of nitrogen functional groups attached to an aromatic ring is 4. The Labute approximate surface area is 537 Å². The molecule has 0 bridgehead atoms. The number of imidazole rings is 4. The molecule has 29 heteroatoms. The molecule has 12 rings (SSSR count). The third kappa shape index (κ3) is 21.7. The number of nitrogens with zero attached hydrogens (tertiary/aromatic N) is 15. The van der Waals surface area contributed by atoms with Gasteiger partial charge in [0, 0.05) is 35.0 Å². The number of aromatic nitrogens is 16. The minimum absolute atomic E-state index is 0. The van der Waals surface area contributed by atoms with E-state index in [0.717, 1.165) is 22.3 Å². The molecule has 0 atom stereocenters. The smallest absolute Gasteiger partial charge is 0.383 e. The Hall–Kier alpha value is -7.67. The van der Waals surface area contributed by atoms with E-state index >= 15 is 0 Å². The van der Waals surface area contributed by atoms with E-state index in [-0.39, 0.29) is 84.1 Å². The summed E-state index contributed by atoms with van der Waals surface area (Å²) in [6, 6.07) is 40.3. The van der Waals surface area contributed by atoms with Crippen LogP contribution in [0.15, 0.2) is 172 Å². The first-order valence-electron chi connectivity index (χ1n) is 25.6. The zero-order valence-corrected chi connectivity index (χ0v) is 51.5. The van der Waals surface area contributed by atoms with Crippen molar-refractivity contribution in [1.29, 1.82) is 0 Å². The number of H-pyrrole nitrogens is 1. The first-order valence-corrected chi connectivity index (χ1v) is 26.1. The predicted octanol–water partition coefficient (Wildman–Crippen LogP) is 0.258. The van der Waals surface area contributed by atoms with Crippen molar-refractivity contribution in [3.8, 4) is 0 Å². The maximum absolute atomic E-state index is 6.08. The normalized spacial score (nSPS) is 10.7. The Bertz CT molecular complexity index is 3480. The van der Waals surface area contributed by atoms with Crippen molar-refractivity contribution in [2.24, 2.45) is 0 Å². The van der Waals surface area contributed by atoms with E-state index in [1.54, 1.807) is 10.9 Å². The molecule has 4 aromatic carbocycles. The van der Waals surface area contributed by atoms with Crippen molar-refractivity contribution in [1.82, 2.24) is 79.3 Å². The predicted molar refractivity (Wildman–Crippen MR) is 311 cm³/mol. The van der Waals surface area contributed by atoms with Crippen molar-refractivity contribution < 1.29 is 87.5 Å². The van der Waals surface area contributed by atoms with Crippen LogP contribution >= 0.6 is 11.6 Å². The number of nitrogens with two attached hydrogens (primary N) is 4. The molecule has 8 aromatic heterocycles. The number of nitrogens with one attached hydrogen (secondary N) is 1. The van der Waals surface area contributed by atoms with Crippen LogP contribution in [0.5, 0.6) is 0 Å². The van der Waals surface area contributed by atoms with Gasteiger partial charge in [-0.1, -0.05) is 133 Å². The second-order valence-corrected chi connectivity index (χ2v) is 17.7. The Morgan fingerprint density at radius 1 is 0.447 bits per heavy atom. The van der Waals surface area contributed by atoms with Crippen molar-refractivity contribution in [2.75, 3.05) is 55.4 Å². The summed E-state index contributed by atoms with van der Waals surface area (Å²) in [4.78, 5) is 57.4. The molecule has 12 aromatic rings. The van der Waals surface area contributed by atoms with Crippen molar-refractivity contribution in [2.45, 2.75) is 45.4 Å². The molecule has 428 valence electrons. The van der Waals surface area contributed by atoms with Crippen LogP contribution in [0.3, 0.4) is 0 Å². The number of anilines is 4. The van der Waals surface area contributed by atoms with Crippen molar-refractivity contribution in [3.63, 3.8) is 0 Å². The maximum atomic E-state index is 6.08. The molecule has 0 aliphatic heterocycles. The fourth-order valence-electron chi connectivity index (χ4n) is 7.35. The van der Waals surface area contributed by atoms with Crippen molar-refractivity contribution >= 4 is 79.5 Å². The Kier molecular flexibility index (Phi) is 28.9. The number of hydrogen-bond donors (Lipinski definition) is 5.